The third kappa shape index (κ3) is 4.70. The molecule has 4 aromatic rings. The first-order valence-electron chi connectivity index (χ1n) is 11.2. The fraction of sp³-hybridized carbons (Fsp3) is 0.222. The summed E-state index contributed by atoms with van der Waals surface area (Å²) in [7, 11) is 0. The quantitative estimate of drug-likeness (QED) is 0.341. The Hall–Kier alpha value is -4.11. The second-order valence-corrected chi connectivity index (χ2v) is 8.86. The zero-order valence-corrected chi connectivity index (χ0v) is 19.8. The summed E-state index contributed by atoms with van der Waals surface area (Å²) >= 11 is 0. The average molecular weight is 494 g/mol. The number of nitrogens with zero attached hydrogens (tertiary/aromatic N) is 2. The molecule has 186 valence electrons. The number of aromatic nitrogens is 2. The maximum absolute atomic E-state index is 14.0. The van der Waals surface area contributed by atoms with E-state index in [1.54, 1.807) is 60.8 Å². The number of aliphatic hydroxyl groups is 1. The summed E-state index contributed by atoms with van der Waals surface area (Å²) in [5.74, 6) is -2.09. The summed E-state index contributed by atoms with van der Waals surface area (Å²) in [5, 5.41) is 10.2. The first-order chi connectivity index (χ1) is 17.1. The lowest BCUT2D eigenvalue weighted by atomic mass is 9.78. The molecule has 1 atom stereocenters. The van der Waals surface area contributed by atoms with E-state index < -0.39 is 23.0 Å². The number of carbonyl (C=O) groups excluding carboxylic acids is 2. The number of amides is 1. The van der Waals surface area contributed by atoms with Gasteiger partial charge in [-0.2, -0.15) is 0 Å². The van der Waals surface area contributed by atoms with Crippen LogP contribution in [0.4, 0.5) is 8.78 Å². The molecular formula is C27H25F2N3O4. The number of hydrogen-bond acceptors (Lipinski definition) is 5. The second-order valence-electron chi connectivity index (χ2n) is 8.86. The van der Waals surface area contributed by atoms with Crippen molar-refractivity contribution < 1.29 is 28.2 Å². The normalized spacial score (nSPS) is 12.9. The summed E-state index contributed by atoms with van der Waals surface area (Å²) < 4.78 is 35.3. The second kappa shape index (κ2) is 9.87. The van der Waals surface area contributed by atoms with Crippen LogP contribution >= 0.6 is 0 Å². The van der Waals surface area contributed by atoms with Gasteiger partial charge in [0, 0.05) is 23.6 Å². The highest BCUT2D eigenvalue weighted by atomic mass is 19.1. The van der Waals surface area contributed by atoms with Gasteiger partial charge in [-0.3, -0.25) is 14.0 Å². The fourth-order valence-electron chi connectivity index (χ4n) is 4.16. The summed E-state index contributed by atoms with van der Waals surface area (Å²) in [6.45, 7) is 2.69. The van der Waals surface area contributed by atoms with E-state index in [9.17, 15) is 23.5 Å². The number of aryl methyl sites for hydroxylation is 1. The summed E-state index contributed by atoms with van der Waals surface area (Å²) in [5.41, 5.74) is 6.09. The molecule has 0 bridgehead atoms. The van der Waals surface area contributed by atoms with Crippen LogP contribution in [0.15, 0.2) is 60.8 Å². The standard InChI is InChI=1S/C27H25F2N3O4/c1-16-24(22(34)13-27(2,15-33)18-7-3-6-17(12-18)25(30)35)32-11-5-10-23(26(32)31-16)36-14-19-20(28)8-4-9-21(19)29/h3-12,33H,13-15H2,1-2H3,(H2,30,35)/t27-/m0/s1. The van der Waals surface area contributed by atoms with Crippen molar-refractivity contribution in [2.75, 3.05) is 6.61 Å². The van der Waals surface area contributed by atoms with Crippen molar-refractivity contribution in [2.45, 2.75) is 32.3 Å². The fourth-order valence-corrected chi connectivity index (χ4v) is 4.16. The molecule has 0 saturated carbocycles. The van der Waals surface area contributed by atoms with Gasteiger partial charge in [0.15, 0.2) is 17.2 Å². The molecule has 3 N–H and O–H groups in total. The van der Waals surface area contributed by atoms with Crippen molar-refractivity contribution in [1.82, 2.24) is 9.38 Å². The van der Waals surface area contributed by atoms with Gasteiger partial charge in [0.25, 0.3) is 0 Å². The van der Waals surface area contributed by atoms with E-state index in [-0.39, 0.29) is 42.3 Å². The third-order valence-electron chi connectivity index (χ3n) is 6.23. The van der Waals surface area contributed by atoms with Crippen molar-refractivity contribution in [3.63, 3.8) is 0 Å². The Kier molecular flexibility index (Phi) is 6.85. The van der Waals surface area contributed by atoms with Gasteiger partial charge in [0.2, 0.25) is 5.91 Å². The number of Topliss-reactive ketones (excluding diaryl/α,β-unsaturated/α-hetero) is 1. The Bertz CT molecular complexity index is 1450. The van der Waals surface area contributed by atoms with Crippen molar-refractivity contribution in [3.8, 4) is 5.75 Å². The van der Waals surface area contributed by atoms with Gasteiger partial charge in [0.05, 0.1) is 17.9 Å². The SMILES string of the molecule is Cc1nc2c(OCc3c(F)cccc3F)cccn2c1C(=O)C[C@@](C)(CO)c1cccc(C(N)=O)c1. The maximum Gasteiger partial charge on any atom is 0.248 e. The number of halogens is 2. The lowest BCUT2D eigenvalue weighted by molar-refractivity contribution is 0.0912. The zero-order chi connectivity index (χ0) is 26.0. The van der Waals surface area contributed by atoms with E-state index in [2.05, 4.69) is 4.98 Å². The number of nitrogens with two attached hydrogens (primary N) is 1. The molecule has 2 aromatic carbocycles. The van der Waals surface area contributed by atoms with Gasteiger partial charge in [-0.05, 0) is 48.9 Å². The van der Waals surface area contributed by atoms with E-state index in [1.807, 2.05) is 0 Å². The molecule has 0 aliphatic heterocycles. The monoisotopic (exact) mass is 493 g/mol. The van der Waals surface area contributed by atoms with Crippen LogP contribution in [-0.2, 0) is 12.0 Å². The van der Waals surface area contributed by atoms with Crippen LogP contribution in [0.25, 0.3) is 5.65 Å². The number of ketones is 1. The number of benzene rings is 2. The zero-order valence-electron chi connectivity index (χ0n) is 19.8. The van der Waals surface area contributed by atoms with E-state index in [4.69, 9.17) is 10.5 Å². The molecule has 1 amide bonds. The minimum atomic E-state index is -0.990. The molecular weight excluding hydrogens is 468 g/mol. The Labute approximate surface area is 206 Å². The van der Waals surface area contributed by atoms with Crippen molar-refractivity contribution >= 4 is 17.3 Å². The smallest absolute Gasteiger partial charge is 0.248 e. The number of rotatable bonds is 9. The Balaban J connectivity index is 1.65. The highest BCUT2D eigenvalue weighted by molar-refractivity contribution is 5.98. The van der Waals surface area contributed by atoms with Crippen LogP contribution in [0.2, 0.25) is 0 Å². The number of pyridine rings is 1. The topological polar surface area (TPSA) is 107 Å². The number of primary amides is 1. The molecule has 4 rings (SSSR count). The van der Waals surface area contributed by atoms with Crippen LogP contribution in [0.5, 0.6) is 5.75 Å². The lowest BCUT2D eigenvalue weighted by Crippen LogP contribution is -2.31. The molecule has 0 unspecified atom stereocenters. The van der Waals surface area contributed by atoms with Crippen LogP contribution in [0.3, 0.4) is 0 Å². The minimum absolute atomic E-state index is 0.0775. The minimum Gasteiger partial charge on any atom is -0.485 e. The third-order valence-corrected chi connectivity index (χ3v) is 6.23. The Morgan fingerprint density at radius 2 is 1.81 bits per heavy atom. The van der Waals surface area contributed by atoms with Crippen molar-refractivity contribution in [2.24, 2.45) is 5.73 Å². The predicted octanol–water partition coefficient (Wildman–Crippen LogP) is 4.12. The van der Waals surface area contributed by atoms with E-state index >= 15 is 0 Å². The first kappa shape index (κ1) is 25.0. The summed E-state index contributed by atoms with van der Waals surface area (Å²) in [6, 6.07) is 13.3. The molecule has 0 radical (unpaired) electrons. The molecule has 7 nitrogen and oxygen atoms in total. The van der Waals surface area contributed by atoms with Crippen molar-refractivity contribution in [3.05, 3.63) is 101 Å². The number of hydrogen-bond donors (Lipinski definition) is 2. The highest BCUT2D eigenvalue weighted by Crippen LogP contribution is 2.31. The first-order valence-corrected chi connectivity index (χ1v) is 11.2. The Morgan fingerprint density at radius 3 is 2.47 bits per heavy atom. The maximum atomic E-state index is 14.0. The van der Waals surface area contributed by atoms with Crippen LogP contribution in [0, 0.1) is 18.6 Å². The van der Waals surface area contributed by atoms with Gasteiger partial charge >= 0.3 is 0 Å². The van der Waals surface area contributed by atoms with Crippen LogP contribution < -0.4 is 10.5 Å². The molecule has 0 aliphatic rings. The molecule has 2 aromatic heterocycles. The lowest BCUT2D eigenvalue weighted by Gasteiger charge is -2.27. The number of ether oxygens (including phenoxy) is 1. The molecule has 0 saturated heterocycles. The number of aliphatic hydroxyl groups excluding tert-OH is 1. The van der Waals surface area contributed by atoms with E-state index in [0.29, 0.717) is 22.6 Å². The number of imidazole rings is 1. The predicted molar refractivity (Wildman–Crippen MR) is 129 cm³/mol. The Morgan fingerprint density at radius 1 is 1.11 bits per heavy atom. The largest absolute Gasteiger partial charge is 0.485 e. The molecule has 0 fully saturated rings. The van der Waals surface area contributed by atoms with Gasteiger partial charge in [-0.15, -0.1) is 0 Å². The summed E-state index contributed by atoms with van der Waals surface area (Å²) in [4.78, 5) is 29.6. The van der Waals surface area contributed by atoms with Gasteiger partial charge in [-0.1, -0.05) is 25.1 Å². The summed E-state index contributed by atoms with van der Waals surface area (Å²) in [6.07, 6.45) is 1.56. The van der Waals surface area contributed by atoms with Gasteiger partial charge < -0.3 is 15.6 Å². The molecule has 36 heavy (non-hydrogen) atoms. The van der Waals surface area contributed by atoms with E-state index in [0.717, 1.165) is 12.1 Å². The van der Waals surface area contributed by atoms with Crippen LogP contribution in [-0.4, -0.2) is 32.8 Å². The highest BCUT2D eigenvalue weighted by Gasteiger charge is 2.32. The van der Waals surface area contributed by atoms with E-state index in [1.165, 1.54) is 6.07 Å². The molecule has 0 spiro atoms. The van der Waals surface area contributed by atoms with Crippen molar-refractivity contribution in [1.29, 1.82) is 0 Å². The van der Waals surface area contributed by atoms with Gasteiger partial charge in [-0.25, -0.2) is 13.8 Å². The average Bonchev–Trinajstić information content (AvgIpc) is 3.20. The number of fused-ring (bicyclic) bond motifs is 1. The molecule has 9 heteroatoms. The van der Waals surface area contributed by atoms with Crippen LogP contribution in [0.1, 0.15) is 51.0 Å². The van der Waals surface area contributed by atoms with Gasteiger partial charge in [0.1, 0.15) is 23.9 Å². The molecule has 2 heterocycles. The molecule has 0 aliphatic carbocycles. The number of carbonyl (C=O) groups is 2.